The third-order valence-corrected chi connectivity index (χ3v) is 8.33. The Bertz CT molecular complexity index is 1220. The van der Waals surface area contributed by atoms with Crippen LogP contribution in [0.25, 0.3) is 0 Å². The molecule has 1 saturated heterocycles. The Morgan fingerprint density at radius 3 is 2.72 bits per heavy atom. The van der Waals surface area contributed by atoms with Crippen molar-refractivity contribution in [1.82, 2.24) is 4.31 Å². The molecule has 4 rings (SSSR count). The van der Waals surface area contributed by atoms with Gasteiger partial charge in [-0.3, -0.25) is 4.79 Å². The lowest BCUT2D eigenvalue weighted by atomic mass is 10.2. The summed E-state index contributed by atoms with van der Waals surface area (Å²) in [7, 11) is -3.76. The number of ether oxygens (including phenoxy) is 1. The van der Waals surface area contributed by atoms with Crippen LogP contribution in [0.15, 0.2) is 64.2 Å². The van der Waals surface area contributed by atoms with Crippen molar-refractivity contribution in [3.8, 4) is 5.75 Å². The van der Waals surface area contributed by atoms with Gasteiger partial charge in [-0.05, 0) is 54.1 Å². The van der Waals surface area contributed by atoms with Crippen molar-refractivity contribution in [2.24, 2.45) is 0 Å². The number of halogens is 2. The molecule has 0 saturated carbocycles. The van der Waals surface area contributed by atoms with E-state index in [0.29, 0.717) is 18.4 Å². The standard InChI is InChI=1S/C22H20F2N2O4S2/c23-16-5-1-4-15(12-16)14-30-20-9-8-17(13-18(20)24)25-22(27)19-6-2-10-26(19)32(28,29)21-7-3-11-31-21/h1,3-5,7-9,11-13,19H,2,6,10,14H2,(H,25,27). The molecule has 1 unspecified atom stereocenters. The molecule has 0 spiro atoms. The van der Waals surface area contributed by atoms with E-state index in [1.54, 1.807) is 17.5 Å². The van der Waals surface area contributed by atoms with E-state index in [1.165, 1.54) is 40.7 Å². The molecule has 0 aliphatic carbocycles. The summed E-state index contributed by atoms with van der Waals surface area (Å²) in [5.41, 5.74) is 0.737. The molecule has 6 nitrogen and oxygen atoms in total. The summed E-state index contributed by atoms with van der Waals surface area (Å²) >= 11 is 1.10. The van der Waals surface area contributed by atoms with E-state index in [1.807, 2.05) is 0 Å². The van der Waals surface area contributed by atoms with Crippen LogP contribution in [0.4, 0.5) is 14.5 Å². The lowest BCUT2D eigenvalue weighted by molar-refractivity contribution is -0.119. The van der Waals surface area contributed by atoms with Crippen LogP contribution in [-0.2, 0) is 21.4 Å². The van der Waals surface area contributed by atoms with Gasteiger partial charge in [-0.15, -0.1) is 11.3 Å². The number of benzene rings is 2. The minimum atomic E-state index is -3.76. The molecule has 1 aromatic heterocycles. The molecule has 1 aliphatic rings. The van der Waals surface area contributed by atoms with Gasteiger partial charge in [-0.25, -0.2) is 17.2 Å². The molecular weight excluding hydrogens is 458 g/mol. The van der Waals surface area contributed by atoms with Crippen molar-refractivity contribution in [3.05, 3.63) is 77.2 Å². The highest BCUT2D eigenvalue weighted by Gasteiger charge is 2.39. The SMILES string of the molecule is O=C(Nc1ccc(OCc2cccc(F)c2)c(F)c1)C1CCCN1S(=O)(=O)c1cccs1. The number of nitrogens with one attached hydrogen (secondary N) is 1. The fraction of sp³-hybridized carbons (Fsp3) is 0.227. The quantitative estimate of drug-likeness (QED) is 0.546. The molecule has 1 fully saturated rings. The number of rotatable bonds is 7. The zero-order valence-electron chi connectivity index (χ0n) is 16.8. The van der Waals surface area contributed by atoms with Crippen molar-refractivity contribution in [1.29, 1.82) is 0 Å². The third kappa shape index (κ3) is 4.82. The van der Waals surface area contributed by atoms with Gasteiger partial charge in [-0.2, -0.15) is 4.31 Å². The highest BCUT2D eigenvalue weighted by atomic mass is 32.2. The Kier molecular flexibility index (Phi) is 6.54. The van der Waals surface area contributed by atoms with Gasteiger partial charge in [0.25, 0.3) is 10.0 Å². The minimum absolute atomic E-state index is 0.0159. The first-order chi connectivity index (χ1) is 15.3. The number of nitrogens with zero attached hydrogens (tertiary/aromatic N) is 1. The Morgan fingerprint density at radius 2 is 2.00 bits per heavy atom. The number of sulfonamides is 1. The Labute approximate surface area is 188 Å². The summed E-state index contributed by atoms with van der Waals surface area (Å²) in [5.74, 6) is -1.68. The van der Waals surface area contributed by atoms with E-state index in [4.69, 9.17) is 4.74 Å². The number of anilines is 1. The van der Waals surface area contributed by atoms with Gasteiger partial charge in [0.1, 0.15) is 22.7 Å². The highest BCUT2D eigenvalue weighted by molar-refractivity contribution is 7.91. The monoisotopic (exact) mass is 478 g/mol. The maximum absolute atomic E-state index is 14.5. The maximum atomic E-state index is 14.5. The summed E-state index contributed by atoms with van der Waals surface area (Å²) in [4.78, 5) is 12.8. The number of hydrogen-bond donors (Lipinski definition) is 1. The molecule has 0 bridgehead atoms. The normalized spacial score (nSPS) is 16.8. The molecule has 32 heavy (non-hydrogen) atoms. The molecule has 3 aromatic rings. The number of hydrogen-bond acceptors (Lipinski definition) is 5. The van der Waals surface area contributed by atoms with Crippen LogP contribution in [0.1, 0.15) is 18.4 Å². The summed E-state index contributed by atoms with van der Waals surface area (Å²) in [5, 5.41) is 4.26. The van der Waals surface area contributed by atoms with Gasteiger partial charge in [0.05, 0.1) is 0 Å². The smallest absolute Gasteiger partial charge is 0.253 e. The first-order valence-electron chi connectivity index (χ1n) is 9.87. The lowest BCUT2D eigenvalue weighted by Gasteiger charge is -2.22. The molecule has 1 amide bonds. The van der Waals surface area contributed by atoms with Crippen LogP contribution in [0, 0.1) is 11.6 Å². The molecule has 0 radical (unpaired) electrons. The fourth-order valence-corrected chi connectivity index (χ4v) is 6.30. The average Bonchev–Trinajstić information content (AvgIpc) is 3.46. The third-order valence-electron chi connectivity index (χ3n) is 5.05. The second-order valence-electron chi connectivity index (χ2n) is 7.26. The molecule has 2 aromatic carbocycles. The Hall–Kier alpha value is -2.82. The predicted molar refractivity (Wildman–Crippen MR) is 117 cm³/mol. The summed E-state index contributed by atoms with van der Waals surface area (Å²) in [6.45, 7) is 0.234. The molecule has 1 atom stereocenters. The fourth-order valence-electron chi connectivity index (χ4n) is 3.52. The number of carbonyl (C=O) groups excluding carboxylic acids is 1. The van der Waals surface area contributed by atoms with Crippen LogP contribution >= 0.6 is 11.3 Å². The molecule has 10 heteroatoms. The first-order valence-corrected chi connectivity index (χ1v) is 12.2. The van der Waals surface area contributed by atoms with E-state index < -0.39 is 33.6 Å². The van der Waals surface area contributed by atoms with Crippen LogP contribution < -0.4 is 10.1 Å². The number of amides is 1. The highest BCUT2D eigenvalue weighted by Crippen LogP contribution is 2.30. The van der Waals surface area contributed by atoms with Gasteiger partial charge in [0, 0.05) is 18.3 Å². The van der Waals surface area contributed by atoms with Gasteiger partial charge in [-0.1, -0.05) is 18.2 Å². The van der Waals surface area contributed by atoms with E-state index in [-0.39, 0.29) is 28.8 Å². The van der Waals surface area contributed by atoms with Crippen molar-refractivity contribution >= 4 is 33.0 Å². The predicted octanol–water partition coefficient (Wildman–Crippen LogP) is 4.40. The van der Waals surface area contributed by atoms with E-state index >= 15 is 0 Å². The summed E-state index contributed by atoms with van der Waals surface area (Å²) in [6.07, 6.45) is 0.942. The second-order valence-corrected chi connectivity index (χ2v) is 10.3. The van der Waals surface area contributed by atoms with Gasteiger partial charge in [0.2, 0.25) is 5.91 Å². The molecule has 168 valence electrons. The number of thiophene rings is 1. The van der Waals surface area contributed by atoms with Crippen LogP contribution in [-0.4, -0.2) is 31.2 Å². The van der Waals surface area contributed by atoms with Crippen LogP contribution in [0.3, 0.4) is 0 Å². The van der Waals surface area contributed by atoms with E-state index in [2.05, 4.69) is 5.32 Å². The van der Waals surface area contributed by atoms with Crippen molar-refractivity contribution in [2.75, 3.05) is 11.9 Å². The van der Waals surface area contributed by atoms with Crippen molar-refractivity contribution in [2.45, 2.75) is 29.7 Å². The van der Waals surface area contributed by atoms with Gasteiger partial charge in [0.15, 0.2) is 11.6 Å². The molecule has 1 aliphatic heterocycles. The second kappa shape index (κ2) is 9.35. The summed E-state index contributed by atoms with van der Waals surface area (Å²) in [6, 6.07) is 12.0. The van der Waals surface area contributed by atoms with Crippen LogP contribution in [0.2, 0.25) is 0 Å². The van der Waals surface area contributed by atoms with Crippen LogP contribution in [0.5, 0.6) is 5.75 Å². The Balaban J connectivity index is 1.42. The molecule has 2 heterocycles. The van der Waals surface area contributed by atoms with E-state index in [0.717, 1.165) is 17.4 Å². The van der Waals surface area contributed by atoms with Crippen molar-refractivity contribution in [3.63, 3.8) is 0 Å². The Morgan fingerprint density at radius 1 is 1.16 bits per heavy atom. The average molecular weight is 479 g/mol. The largest absolute Gasteiger partial charge is 0.486 e. The topological polar surface area (TPSA) is 75.7 Å². The maximum Gasteiger partial charge on any atom is 0.253 e. The summed E-state index contributed by atoms with van der Waals surface area (Å²) < 4.78 is 60.1. The number of carbonyl (C=O) groups is 1. The van der Waals surface area contributed by atoms with Gasteiger partial charge >= 0.3 is 0 Å². The first kappa shape index (κ1) is 22.4. The molecule has 1 N–H and O–H groups in total. The lowest BCUT2D eigenvalue weighted by Crippen LogP contribution is -2.42. The zero-order valence-corrected chi connectivity index (χ0v) is 18.5. The zero-order chi connectivity index (χ0) is 22.7. The van der Waals surface area contributed by atoms with Gasteiger partial charge < -0.3 is 10.1 Å². The van der Waals surface area contributed by atoms with Crippen molar-refractivity contribution < 1.29 is 26.7 Å². The van der Waals surface area contributed by atoms with E-state index in [9.17, 15) is 22.0 Å². The minimum Gasteiger partial charge on any atom is -0.486 e. The molecular formula is C22H20F2N2O4S2.